The standard InChI is InChI=1S/C21H30O3/c22-18(13-5-2-1-3-6-13)10-9-15-16-11-14-7-4-8-19(23)21(14)17(16)12-20(15)24/h4,7-8,13,15-18,20,22-24H,1-3,5-6,9-12H2/t15-,16+,17-,18?,20+/m0/s1. The first-order valence-electron chi connectivity index (χ1n) is 9.82. The molecule has 3 nitrogen and oxygen atoms in total. The predicted octanol–water partition coefficient (Wildman–Crippen LogP) is 3.75. The average Bonchev–Trinajstić information content (AvgIpc) is 3.09. The molecule has 24 heavy (non-hydrogen) atoms. The smallest absolute Gasteiger partial charge is 0.119 e. The molecule has 0 amide bonds. The number of phenolic OH excluding ortho intramolecular Hbond substituents is 1. The first kappa shape index (κ1) is 16.4. The molecule has 0 heterocycles. The van der Waals surface area contributed by atoms with Crippen LogP contribution in [-0.2, 0) is 6.42 Å². The summed E-state index contributed by atoms with van der Waals surface area (Å²) < 4.78 is 0. The van der Waals surface area contributed by atoms with Crippen molar-refractivity contribution in [3.05, 3.63) is 29.3 Å². The Kier molecular flexibility index (Phi) is 4.57. The normalized spacial score (nSPS) is 34.1. The third-order valence-corrected chi connectivity index (χ3v) is 7.05. The summed E-state index contributed by atoms with van der Waals surface area (Å²) in [6, 6.07) is 5.81. The van der Waals surface area contributed by atoms with Crippen molar-refractivity contribution in [1.82, 2.24) is 0 Å². The fraction of sp³-hybridized carbons (Fsp3) is 0.714. The second kappa shape index (κ2) is 6.68. The molecule has 5 atom stereocenters. The van der Waals surface area contributed by atoms with E-state index in [2.05, 4.69) is 6.07 Å². The lowest BCUT2D eigenvalue weighted by atomic mass is 9.80. The molecule has 0 aromatic heterocycles. The highest BCUT2D eigenvalue weighted by Gasteiger charge is 2.48. The maximum absolute atomic E-state index is 10.6. The molecule has 2 fully saturated rings. The summed E-state index contributed by atoms with van der Waals surface area (Å²) in [7, 11) is 0. The molecule has 132 valence electrons. The Morgan fingerprint density at radius 2 is 1.92 bits per heavy atom. The summed E-state index contributed by atoms with van der Waals surface area (Å²) in [6.07, 6.45) is 9.14. The summed E-state index contributed by atoms with van der Waals surface area (Å²) in [6.45, 7) is 0. The summed E-state index contributed by atoms with van der Waals surface area (Å²) in [5, 5.41) is 31.3. The van der Waals surface area contributed by atoms with Crippen LogP contribution in [-0.4, -0.2) is 27.5 Å². The zero-order valence-electron chi connectivity index (χ0n) is 14.4. The Labute approximate surface area is 144 Å². The number of hydrogen-bond acceptors (Lipinski definition) is 3. The van der Waals surface area contributed by atoms with Crippen molar-refractivity contribution in [1.29, 1.82) is 0 Å². The number of hydrogen-bond donors (Lipinski definition) is 3. The number of aromatic hydroxyl groups is 1. The van der Waals surface area contributed by atoms with Crippen LogP contribution in [0, 0.1) is 17.8 Å². The van der Waals surface area contributed by atoms with E-state index in [9.17, 15) is 15.3 Å². The topological polar surface area (TPSA) is 60.7 Å². The number of phenols is 1. The average molecular weight is 330 g/mol. The molecule has 0 aliphatic heterocycles. The number of fused-ring (bicyclic) bond motifs is 3. The predicted molar refractivity (Wildman–Crippen MR) is 94.0 cm³/mol. The van der Waals surface area contributed by atoms with Crippen LogP contribution in [0.15, 0.2) is 18.2 Å². The van der Waals surface area contributed by atoms with E-state index in [1.54, 1.807) is 6.07 Å². The van der Waals surface area contributed by atoms with Gasteiger partial charge in [0.25, 0.3) is 0 Å². The summed E-state index contributed by atoms with van der Waals surface area (Å²) in [5.74, 6) is 1.86. The van der Waals surface area contributed by atoms with Crippen molar-refractivity contribution in [3.63, 3.8) is 0 Å². The van der Waals surface area contributed by atoms with Gasteiger partial charge in [-0.25, -0.2) is 0 Å². The van der Waals surface area contributed by atoms with Gasteiger partial charge in [0.15, 0.2) is 0 Å². The first-order chi connectivity index (χ1) is 11.6. The Bertz CT molecular complexity index is 578. The summed E-state index contributed by atoms with van der Waals surface area (Å²) >= 11 is 0. The van der Waals surface area contributed by atoms with Gasteiger partial charge in [0, 0.05) is 5.56 Å². The molecule has 0 bridgehead atoms. The maximum Gasteiger partial charge on any atom is 0.119 e. The van der Waals surface area contributed by atoms with Gasteiger partial charge in [0.05, 0.1) is 12.2 Å². The van der Waals surface area contributed by atoms with Crippen LogP contribution in [0.3, 0.4) is 0 Å². The van der Waals surface area contributed by atoms with Gasteiger partial charge < -0.3 is 15.3 Å². The van der Waals surface area contributed by atoms with Crippen LogP contribution >= 0.6 is 0 Å². The zero-order chi connectivity index (χ0) is 16.7. The van der Waals surface area contributed by atoms with E-state index < -0.39 is 0 Å². The molecule has 1 aromatic carbocycles. The summed E-state index contributed by atoms with van der Waals surface area (Å²) in [5.41, 5.74) is 2.34. The molecule has 0 radical (unpaired) electrons. The number of benzene rings is 1. The third kappa shape index (κ3) is 2.86. The minimum atomic E-state index is -0.286. The van der Waals surface area contributed by atoms with Crippen molar-refractivity contribution in [2.45, 2.75) is 75.9 Å². The zero-order valence-corrected chi connectivity index (χ0v) is 14.4. The quantitative estimate of drug-likeness (QED) is 0.788. The minimum absolute atomic E-state index is 0.200. The molecule has 3 aliphatic carbocycles. The van der Waals surface area contributed by atoms with Gasteiger partial charge in [-0.05, 0) is 73.8 Å². The molecule has 4 rings (SSSR count). The van der Waals surface area contributed by atoms with Crippen LogP contribution in [0.2, 0.25) is 0 Å². The van der Waals surface area contributed by atoms with Gasteiger partial charge in [0.2, 0.25) is 0 Å². The minimum Gasteiger partial charge on any atom is -0.508 e. The maximum atomic E-state index is 10.6. The van der Waals surface area contributed by atoms with E-state index in [0.717, 1.165) is 31.2 Å². The van der Waals surface area contributed by atoms with Crippen LogP contribution in [0.1, 0.15) is 68.4 Å². The van der Waals surface area contributed by atoms with Crippen molar-refractivity contribution in [3.8, 4) is 5.75 Å². The highest BCUT2D eigenvalue weighted by molar-refractivity contribution is 5.47. The third-order valence-electron chi connectivity index (χ3n) is 7.05. The SMILES string of the molecule is Oc1cccc2c1[C@H]1C[C@@H](O)[C@@H](CCC(O)C3CCCCC3)[C@H]1C2. The molecule has 1 aromatic rings. The summed E-state index contributed by atoms with van der Waals surface area (Å²) in [4.78, 5) is 0. The fourth-order valence-electron chi connectivity index (χ4n) is 5.80. The molecule has 2 saturated carbocycles. The van der Waals surface area contributed by atoms with Gasteiger partial charge in [-0.3, -0.25) is 0 Å². The highest BCUT2D eigenvalue weighted by atomic mass is 16.3. The molecule has 0 spiro atoms. The van der Waals surface area contributed by atoms with Crippen LogP contribution in [0.5, 0.6) is 5.75 Å². The lowest BCUT2D eigenvalue weighted by Crippen LogP contribution is -2.26. The van der Waals surface area contributed by atoms with Crippen LogP contribution in [0.25, 0.3) is 0 Å². The Morgan fingerprint density at radius 1 is 1.12 bits per heavy atom. The van der Waals surface area contributed by atoms with Crippen LogP contribution in [0.4, 0.5) is 0 Å². The number of aliphatic hydroxyl groups is 2. The van der Waals surface area contributed by atoms with Crippen molar-refractivity contribution >= 4 is 0 Å². The van der Waals surface area contributed by atoms with E-state index in [-0.39, 0.29) is 18.1 Å². The fourth-order valence-corrected chi connectivity index (χ4v) is 5.80. The lowest BCUT2D eigenvalue weighted by Gasteiger charge is -2.28. The second-order valence-corrected chi connectivity index (χ2v) is 8.33. The van der Waals surface area contributed by atoms with E-state index in [1.165, 1.54) is 37.7 Å². The largest absolute Gasteiger partial charge is 0.508 e. The molecular weight excluding hydrogens is 300 g/mol. The molecule has 3 heteroatoms. The Hall–Kier alpha value is -1.06. The first-order valence-corrected chi connectivity index (χ1v) is 9.82. The number of aliphatic hydroxyl groups excluding tert-OH is 2. The van der Waals surface area contributed by atoms with Gasteiger partial charge in [-0.15, -0.1) is 0 Å². The van der Waals surface area contributed by atoms with Crippen molar-refractivity contribution < 1.29 is 15.3 Å². The monoisotopic (exact) mass is 330 g/mol. The molecule has 1 unspecified atom stereocenters. The van der Waals surface area contributed by atoms with Gasteiger partial charge >= 0.3 is 0 Å². The Morgan fingerprint density at radius 3 is 2.71 bits per heavy atom. The Balaban J connectivity index is 1.41. The number of rotatable bonds is 4. The van der Waals surface area contributed by atoms with Crippen LogP contribution < -0.4 is 0 Å². The van der Waals surface area contributed by atoms with Crippen molar-refractivity contribution in [2.75, 3.05) is 0 Å². The van der Waals surface area contributed by atoms with Gasteiger partial charge in [-0.2, -0.15) is 0 Å². The molecule has 3 N–H and O–H groups in total. The second-order valence-electron chi connectivity index (χ2n) is 8.33. The van der Waals surface area contributed by atoms with E-state index in [4.69, 9.17) is 0 Å². The molecule has 3 aliphatic rings. The van der Waals surface area contributed by atoms with Crippen molar-refractivity contribution in [2.24, 2.45) is 17.8 Å². The van der Waals surface area contributed by atoms with E-state index >= 15 is 0 Å². The molecular formula is C21H30O3. The van der Waals surface area contributed by atoms with E-state index in [1.807, 2.05) is 6.07 Å². The van der Waals surface area contributed by atoms with Gasteiger partial charge in [0.1, 0.15) is 5.75 Å². The van der Waals surface area contributed by atoms with Gasteiger partial charge in [-0.1, -0.05) is 31.4 Å². The van der Waals surface area contributed by atoms with E-state index in [0.29, 0.717) is 23.5 Å². The molecule has 0 saturated heterocycles. The highest BCUT2D eigenvalue weighted by Crippen LogP contribution is 2.55. The lowest BCUT2D eigenvalue weighted by molar-refractivity contribution is 0.0535.